The van der Waals surface area contributed by atoms with Crippen LogP contribution in [0.15, 0.2) is 53.0 Å². The van der Waals surface area contributed by atoms with Crippen LogP contribution in [0, 0.1) is 6.92 Å². The summed E-state index contributed by atoms with van der Waals surface area (Å²) in [6, 6.07) is 13.8. The van der Waals surface area contributed by atoms with Crippen LogP contribution in [-0.2, 0) is 26.2 Å². The van der Waals surface area contributed by atoms with Crippen molar-refractivity contribution in [3.63, 3.8) is 0 Å². The molecule has 1 N–H and O–H groups in total. The van der Waals surface area contributed by atoms with Crippen molar-refractivity contribution in [2.24, 2.45) is 0 Å². The van der Waals surface area contributed by atoms with E-state index in [4.69, 9.17) is 0 Å². The predicted octanol–water partition coefficient (Wildman–Crippen LogP) is 4.00. The van der Waals surface area contributed by atoms with E-state index in [1.807, 2.05) is 31.2 Å². The lowest BCUT2D eigenvalue weighted by molar-refractivity contribution is -0.139. The van der Waals surface area contributed by atoms with Crippen molar-refractivity contribution in [2.45, 2.75) is 58.2 Å². The van der Waals surface area contributed by atoms with Gasteiger partial charge in [0.15, 0.2) is 0 Å². The van der Waals surface area contributed by atoms with Gasteiger partial charge in [-0.15, -0.1) is 0 Å². The molecule has 1 atom stereocenters. The fraction of sp³-hybridized carbons (Fsp3) is 0.440. The molecule has 2 amide bonds. The molecule has 0 saturated heterocycles. The third-order valence-corrected chi connectivity index (χ3v) is 7.81. The number of benzene rings is 2. The fourth-order valence-corrected chi connectivity index (χ4v) is 5.20. The van der Waals surface area contributed by atoms with E-state index in [1.165, 1.54) is 4.90 Å². The Balaban J connectivity index is 1.86. The maximum atomic E-state index is 13.5. The van der Waals surface area contributed by atoms with E-state index in [9.17, 15) is 18.0 Å². The number of hydrogen-bond donors (Lipinski definition) is 1. The molecule has 0 aromatic heterocycles. The largest absolute Gasteiger partial charge is 0.352 e. The van der Waals surface area contributed by atoms with E-state index in [-0.39, 0.29) is 18.5 Å². The second-order valence-corrected chi connectivity index (χ2v) is 11.7. The summed E-state index contributed by atoms with van der Waals surface area (Å²) >= 11 is 3.34. The van der Waals surface area contributed by atoms with Gasteiger partial charge in [-0.05, 0) is 56.5 Å². The second-order valence-electron chi connectivity index (χ2n) is 8.92. The van der Waals surface area contributed by atoms with Crippen LogP contribution in [0.3, 0.4) is 0 Å². The van der Waals surface area contributed by atoms with Crippen molar-refractivity contribution in [3.05, 3.63) is 64.1 Å². The topological polar surface area (TPSA) is 86.8 Å². The first-order chi connectivity index (χ1) is 16.0. The Bertz CT molecular complexity index is 1100. The van der Waals surface area contributed by atoms with Crippen molar-refractivity contribution >= 4 is 43.5 Å². The number of nitrogens with one attached hydrogen (secondary N) is 1. The fourth-order valence-electron chi connectivity index (χ4n) is 4.09. The van der Waals surface area contributed by atoms with Gasteiger partial charge in [-0.3, -0.25) is 13.9 Å². The minimum absolute atomic E-state index is 0.126. The van der Waals surface area contributed by atoms with Gasteiger partial charge in [0.25, 0.3) is 0 Å². The van der Waals surface area contributed by atoms with E-state index in [0.29, 0.717) is 5.69 Å². The number of nitrogens with zero attached hydrogens (tertiary/aromatic N) is 2. The molecule has 7 nitrogen and oxygen atoms in total. The van der Waals surface area contributed by atoms with Crippen molar-refractivity contribution in [2.75, 3.05) is 17.1 Å². The summed E-state index contributed by atoms with van der Waals surface area (Å²) in [5.41, 5.74) is 2.35. The quantitative estimate of drug-likeness (QED) is 0.512. The van der Waals surface area contributed by atoms with Crippen LogP contribution < -0.4 is 9.62 Å². The summed E-state index contributed by atoms with van der Waals surface area (Å²) in [6.07, 6.45) is 5.12. The Morgan fingerprint density at radius 1 is 1.06 bits per heavy atom. The van der Waals surface area contributed by atoms with Crippen LogP contribution in [-0.4, -0.2) is 50.0 Å². The highest BCUT2D eigenvalue weighted by atomic mass is 79.9. The van der Waals surface area contributed by atoms with E-state index in [2.05, 4.69) is 21.2 Å². The monoisotopic (exact) mass is 549 g/mol. The maximum absolute atomic E-state index is 13.5. The Hall–Kier alpha value is -2.39. The van der Waals surface area contributed by atoms with Gasteiger partial charge < -0.3 is 10.2 Å². The molecule has 184 valence electrons. The minimum Gasteiger partial charge on any atom is -0.352 e. The molecular weight excluding hydrogens is 518 g/mol. The third kappa shape index (κ3) is 7.06. The summed E-state index contributed by atoms with van der Waals surface area (Å²) in [6.45, 7) is 3.48. The zero-order valence-corrected chi connectivity index (χ0v) is 22.2. The molecule has 2 aromatic rings. The zero-order chi connectivity index (χ0) is 24.9. The average molecular weight is 551 g/mol. The van der Waals surface area contributed by atoms with Gasteiger partial charge in [0.1, 0.15) is 12.6 Å². The molecule has 34 heavy (non-hydrogen) atoms. The molecule has 0 unspecified atom stereocenters. The molecule has 2 aromatic carbocycles. The van der Waals surface area contributed by atoms with Crippen LogP contribution in [0.25, 0.3) is 0 Å². The van der Waals surface area contributed by atoms with Crippen molar-refractivity contribution in [3.8, 4) is 0 Å². The molecule has 0 bridgehead atoms. The SMILES string of the molecule is Cc1ccc(CN(C(=O)CN(c2ccc(Br)cc2)S(C)(=O)=O)[C@H](C)C(=O)NC2CCCC2)cc1. The molecule has 3 rings (SSSR count). The highest BCUT2D eigenvalue weighted by Gasteiger charge is 2.31. The molecule has 0 heterocycles. The van der Waals surface area contributed by atoms with E-state index in [0.717, 1.165) is 51.8 Å². The number of hydrogen-bond acceptors (Lipinski definition) is 4. The van der Waals surface area contributed by atoms with Crippen LogP contribution in [0.4, 0.5) is 5.69 Å². The number of rotatable bonds is 9. The molecule has 1 fully saturated rings. The standard InChI is InChI=1S/C25H32BrN3O4S/c1-18-8-10-20(11-9-18)16-28(19(2)25(31)27-22-6-4-5-7-22)24(30)17-29(34(3,32)33)23-14-12-21(26)13-15-23/h8-15,19,22H,4-7,16-17H2,1-3H3,(H,27,31)/t19-/m1/s1. The number of halogens is 1. The van der Waals surface area contributed by atoms with Gasteiger partial charge in [-0.1, -0.05) is 58.6 Å². The molecule has 1 saturated carbocycles. The molecule has 1 aliphatic rings. The zero-order valence-electron chi connectivity index (χ0n) is 19.8. The Morgan fingerprint density at radius 3 is 2.21 bits per heavy atom. The first kappa shape index (κ1) is 26.2. The highest BCUT2D eigenvalue weighted by molar-refractivity contribution is 9.10. The minimum atomic E-state index is -3.73. The lowest BCUT2D eigenvalue weighted by atomic mass is 10.1. The summed E-state index contributed by atoms with van der Waals surface area (Å²) in [5.74, 6) is -0.662. The lowest BCUT2D eigenvalue weighted by Gasteiger charge is -2.32. The molecule has 0 spiro atoms. The normalized spacial score (nSPS) is 15.1. The summed E-state index contributed by atoms with van der Waals surface area (Å²) in [4.78, 5) is 28.0. The number of sulfonamides is 1. The van der Waals surface area contributed by atoms with Crippen LogP contribution in [0.2, 0.25) is 0 Å². The van der Waals surface area contributed by atoms with Crippen LogP contribution in [0.1, 0.15) is 43.7 Å². The Kier molecular flexibility index (Phi) is 8.76. The lowest BCUT2D eigenvalue weighted by Crippen LogP contribution is -2.52. The molecule has 0 radical (unpaired) electrons. The first-order valence-corrected chi connectivity index (χ1v) is 14.1. The van der Waals surface area contributed by atoms with Gasteiger partial charge in [0, 0.05) is 17.1 Å². The number of carbonyl (C=O) groups is 2. The molecule has 0 aliphatic heterocycles. The molecular formula is C25H32BrN3O4S. The number of carbonyl (C=O) groups excluding carboxylic acids is 2. The van der Waals surface area contributed by atoms with Crippen LogP contribution >= 0.6 is 15.9 Å². The van der Waals surface area contributed by atoms with Gasteiger partial charge >= 0.3 is 0 Å². The number of anilines is 1. The maximum Gasteiger partial charge on any atom is 0.244 e. The second kappa shape index (κ2) is 11.4. The summed E-state index contributed by atoms with van der Waals surface area (Å²) in [7, 11) is -3.73. The highest BCUT2D eigenvalue weighted by Crippen LogP contribution is 2.22. The van der Waals surface area contributed by atoms with Gasteiger partial charge in [-0.2, -0.15) is 0 Å². The van der Waals surface area contributed by atoms with E-state index >= 15 is 0 Å². The van der Waals surface area contributed by atoms with Crippen molar-refractivity contribution in [1.29, 1.82) is 0 Å². The molecule has 1 aliphatic carbocycles. The average Bonchev–Trinajstić information content (AvgIpc) is 3.29. The van der Waals surface area contributed by atoms with Gasteiger partial charge in [0.05, 0.1) is 11.9 Å². The van der Waals surface area contributed by atoms with Crippen LogP contribution in [0.5, 0.6) is 0 Å². The number of aryl methyl sites for hydroxylation is 1. The van der Waals surface area contributed by atoms with E-state index < -0.39 is 28.5 Å². The Morgan fingerprint density at radius 2 is 1.65 bits per heavy atom. The third-order valence-electron chi connectivity index (χ3n) is 6.14. The van der Waals surface area contributed by atoms with Crippen molar-refractivity contribution < 1.29 is 18.0 Å². The van der Waals surface area contributed by atoms with Crippen molar-refractivity contribution in [1.82, 2.24) is 10.2 Å². The first-order valence-electron chi connectivity index (χ1n) is 11.4. The number of amides is 2. The Labute approximate surface area is 210 Å². The van der Waals surface area contributed by atoms with E-state index in [1.54, 1.807) is 31.2 Å². The summed E-state index contributed by atoms with van der Waals surface area (Å²) in [5, 5.41) is 3.06. The van der Waals surface area contributed by atoms with Gasteiger partial charge in [-0.25, -0.2) is 8.42 Å². The van der Waals surface area contributed by atoms with Gasteiger partial charge in [0.2, 0.25) is 21.8 Å². The summed E-state index contributed by atoms with van der Waals surface area (Å²) < 4.78 is 27.0. The molecule has 9 heteroatoms. The predicted molar refractivity (Wildman–Crippen MR) is 138 cm³/mol. The smallest absolute Gasteiger partial charge is 0.244 e.